The molecule has 1 aromatic heterocycles. The summed E-state index contributed by atoms with van der Waals surface area (Å²) >= 11 is 9.28. The minimum atomic E-state index is -4.23. The summed E-state index contributed by atoms with van der Waals surface area (Å²) in [6, 6.07) is 5.02. The number of aromatic amines is 1. The second kappa shape index (κ2) is 5.76. The monoisotopic (exact) mass is 393 g/mol. The molecule has 0 fully saturated rings. The quantitative estimate of drug-likeness (QED) is 0.795. The Morgan fingerprint density at radius 2 is 2.00 bits per heavy atom. The van der Waals surface area contributed by atoms with Crippen LogP contribution in [0.5, 0.6) is 0 Å². The Labute approximate surface area is 132 Å². The van der Waals surface area contributed by atoms with Crippen molar-refractivity contribution in [2.75, 3.05) is 0 Å². The number of aromatic nitrogens is 2. The number of primary sulfonamides is 1. The number of benzene rings is 1. The van der Waals surface area contributed by atoms with Gasteiger partial charge in [-0.25, -0.2) is 18.4 Å². The van der Waals surface area contributed by atoms with Crippen LogP contribution in [0.1, 0.15) is 5.56 Å². The van der Waals surface area contributed by atoms with Crippen LogP contribution in [0.15, 0.2) is 43.4 Å². The molecule has 1 heterocycles. The van der Waals surface area contributed by atoms with Crippen LogP contribution in [0, 0.1) is 0 Å². The van der Waals surface area contributed by atoms with Crippen LogP contribution in [0.25, 0.3) is 0 Å². The number of nitrogens with zero attached hydrogens (tertiary/aromatic N) is 1. The number of halogens is 2. The minimum Gasteiger partial charge on any atom is -0.295 e. The highest BCUT2D eigenvalue weighted by Crippen LogP contribution is 2.21. The average molecular weight is 395 g/mol. The molecule has 0 spiro atoms. The van der Waals surface area contributed by atoms with Gasteiger partial charge in [0.2, 0.25) is 10.0 Å². The summed E-state index contributed by atoms with van der Waals surface area (Å²) < 4.78 is 24.4. The first-order chi connectivity index (χ1) is 9.68. The third-order valence-electron chi connectivity index (χ3n) is 2.64. The van der Waals surface area contributed by atoms with Crippen molar-refractivity contribution in [2.45, 2.75) is 11.4 Å². The van der Waals surface area contributed by atoms with E-state index in [-0.39, 0.29) is 6.54 Å². The molecule has 0 radical (unpaired) electrons. The van der Waals surface area contributed by atoms with Gasteiger partial charge in [-0.15, -0.1) is 0 Å². The first-order valence-corrected chi connectivity index (χ1v) is 8.20. The molecule has 112 valence electrons. The van der Waals surface area contributed by atoms with E-state index in [0.29, 0.717) is 10.6 Å². The van der Waals surface area contributed by atoms with Crippen LogP contribution in [0.3, 0.4) is 0 Å². The van der Waals surface area contributed by atoms with Gasteiger partial charge in [0.05, 0.1) is 6.54 Å². The molecule has 0 saturated heterocycles. The van der Waals surface area contributed by atoms with E-state index in [1.54, 1.807) is 18.2 Å². The number of nitrogens with two attached hydrogens (primary N) is 1. The molecule has 0 saturated carbocycles. The van der Waals surface area contributed by atoms with E-state index < -0.39 is 26.2 Å². The van der Waals surface area contributed by atoms with Crippen LogP contribution in [0.4, 0.5) is 0 Å². The molecule has 0 amide bonds. The standard InChI is InChI=1S/C11H9BrClN3O4S/c12-7-2-1-6(8(13)3-7)4-16-5-9(21(14,19)20)10(17)15-11(16)18/h1-3,5H,4H2,(H2,14,19,20)(H,15,17,18). The van der Waals surface area contributed by atoms with Crippen LogP contribution < -0.4 is 16.4 Å². The summed E-state index contributed by atoms with van der Waals surface area (Å²) in [6.45, 7) is -0.00968. The molecule has 0 unspecified atom stereocenters. The van der Waals surface area contributed by atoms with Crippen molar-refractivity contribution in [3.05, 3.63) is 60.3 Å². The summed E-state index contributed by atoms with van der Waals surface area (Å²) in [5, 5.41) is 5.31. The van der Waals surface area contributed by atoms with Crippen molar-refractivity contribution >= 4 is 37.6 Å². The molecular formula is C11H9BrClN3O4S. The lowest BCUT2D eigenvalue weighted by Gasteiger charge is -2.08. The van der Waals surface area contributed by atoms with Crippen molar-refractivity contribution < 1.29 is 8.42 Å². The van der Waals surface area contributed by atoms with Crippen LogP contribution in [-0.4, -0.2) is 18.0 Å². The summed E-state index contributed by atoms with van der Waals surface area (Å²) in [4.78, 5) is 24.4. The smallest absolute Gasteiger partial charge is 0.295 e. The van der Waals surface area contributed by atoms with Crippen molar-refractivity contribution in [1.29, 1.82) is 0 Å². The molecule has 3 N–H and O–H groups in total. The highest BCUT2D eigenvalue weighted by molar-refractivity contribution is 9.10. The van der Waals surface area contributed by atoms with Crippen molar-refractivity contribution in [3.63, 3.8) is 0 Å². The van der Waals surface area contributed by atoms with Gasteiger partial charge in [-0.1, -0.05) is 33.6 Å². The molecule has 21 heavy (non-hydrogen) atoms. The lowest BCUT2D eigenvalue weighted by molar-refractivity contribution is 0.591. The van der Waals surface area contributed by atoms with E-state index in [1.165, 1.54) is 0 Å². The van der Waals surface area contributed by atoms with Gasteiger partial charge in [-0.2, -0.15) is 0 Å². The van der Waals surface area contributed by atoms with Gasteiger partial charge >= 0.3 is 5.69 Å². The zero-order valence-electron chi connectivity index (χ0n) is 10.3. The van der Waals surface area contributed by atoms with Crippen LogP contribution >= 0.6 is 27.5 Å². The zero-order valence-corrected chi connectivity index (χ0v) is 13.5. The van der Waals surface area contributed by atoms with Crippen LogP contribution in [0.2, 0.25) is 5.02 Å². The molecule has 10 heteroatoms. The Kier molecular flexibility index (Phi) is 4.38. The topological polar surface area (TPSA) is 115 Å². The molecule has 2 rings (SSSR count). The van der Waals surface area contributed by atoms with E-state index >= 15 is 0 Å². The Morgan fingerprint density at radius 3 is 2.57 bits per heavy atom. The molecule has 0 bridgehead atoms. The first-order valence-electron chi connectivity index (χ1n) is 5.49. The molecule has 0 aliphatic rings. The molecule has 0 aliphatic heterocycles. The van der Waals surface area contributed by atoms with Gasteiger partial charge in [0.15, 0.2) is 4.90 Å². The van der Waals surface area contributed by atoms with Gasteiger partial charge in [0, 0.05) is 15.7 Å². The minimum absolute atomic E-state index is 0.00968. The predicted octanol–water partition coefficient (Wildman–Crippen LogP) is 0.648. The third-order valence-corrected chi connectivity index (χ3v) is 4.39. The molecule has 0 atom stereocenters. The number of hydrogen-bond acceptors (Lipinski definition) is 4. The van der Waals surface area contributed by atoms with Gasteiger partial charge in [-0.3, -0.25) is 14.3 Å². The van der Waals surface area contributed by atoms with E-state index in [1.807, 2.05) is 4.98 Å². The highest BCUT2D eigenvalue weighted by Gasteiger charge is 2.16. The van der Waals surface area contributed by atoms with Crippen molar-refractivity contribution in [2.24, 2.45) is 5.14 Å². The largest absolute Gasteiger partial charge is 0.328 e. The maximum absolute atomic E-state index is 11.7. The Morgan fingerprint density at radius 1 is 1.33 bits per heavy atom. The fraction of sp³-hybridized carbons (Fsp3) is 0.0909. The molecule has 1 aromatic carbocycles. The van der Waals surface area contributed by atoms with Gasteiger partial charge < -0.3 is 0 Å². The van der Waals surface area contributed by atoms with E-state index in [0.717, 1.165) is 15.2 Å². The Bertz CT molecular complexity index is 920. The molecule has 7 nitrogen and oxygen atoms in total. The normalized spacial score (nSPS) is 11.6. The van der Waals surface area contributed by atoms with E-state index in [2.05, 4.69) is 15.9 Å². The second-order valence-corrected chi connectivity index (χ2v) is 7.01. The zero-order chi connectivity index (χ0) is 15.8. The Hall–Kier alpha value is -1.42. The molecule has 0 aliphatic carbocycles. The second-order valence-electron chi connectivity index (χ2n) is 4.16. The van der Waals surface area contributed by atoms with E-state index in [9.17, 15) is 18.0 Å². The number of sulfonamides is 1. The summed E-state index contributed by atoms with van der Waals surface area (Å²) in [5.74, 6) is 0. The molecule has 2 aromatic rings. The summed E-state index contributed by atoms with van der Waals surface area (Å²) in [5.41, 5.74) is -1.23. The van der Waals surface area contributed by atoms with E-state index in [4.69, 9.17) is 16.7 Å². The fourth-order valence-corrected chi connectivity index (χ4v) is 2.96. The highest BCUT2D eigenvalue weighted by atomic mass is 79.9. The van der Waals surface area contributed by atoms with Gasteiger partial charge in [0.25, 0.3) is 5.56 Å². The maximum Gasteiger partial charge on any atom is 0.328 e. The first kappa shape index (κ1) is 16.0. The maximum atomic E-state index is 11.7. The summed E-state index contributed by atoms with van der Waals surface area (Å²) in [6.07, 6.45) is 0.898. The van der Waals surface area contributed by atoms with Crippen LogP contribution in [-0.2, 0) is 16.6 Å². The lowest BCUT2D eigenvalue weighted by Crippen LogP contribution is -2.34. The van der Waals surface area contributed by atoms with Gasteiger partial charge in [0.1, 0.15) is 0 Å². The number of rotatable bonds is 3. The van der Waals surface area contributed by atoms with Gasteiger partial charge in [-0.05, 0) is 17.7 Å². The Balaban J connectivity index is 2.55. The van der Waals surface area contributed by atoms with Crippen molar-refractivity contribution in [3.8, 4) is 0 Å². The van der Waals surface area contributed by atoms with Crippen molar-refractivity contribution in [1.82, 2.24) is 9.55 Å². The fourth-order valence-electron chi connectivity index (χ4n) is 1.64. The lowest BCUT2D eigenvalue weighted by atomic mass is 10.2. The predicted molar refractivity (Wildman–Crippen MR) is 80.9 cm³/mol. The number of nitrogens with one attached hydrogen (secondary N) is 1. The molecular weight excluding hydrogens is 386 g/mol. The SMILES string of the molecule is NS(=O)(=O)c1cn(Cc2ccc(Br)cc2Cl)c(=O)[nH]c1=O. The number of hydrogen-bond donors (Lipinski definition) is 2. The average Bonchev–Trinajstić information content (AvgIpc) is 2.33. The third kappa shape index (κ3) is 3.62. The number of H-pyrrole nitrogens is 1. The summed E-state index contributed by atoms with van der Waals surface area (Å²) in [7, 11) is -4.23.